The summed E-state index contributed by atoms with van der Waals surface area (Å²) in [6.45, 7) is -0.0692. The summed E-state index contributed by atoms with van der Waals surface area (Å²) < 4.78 is 40.3. The van der Waals surface area contributed by atoms with Crippen LogP contribution in [0.5, 0.6) is 0 Å². The van der Waals surface area contributed by atoms with E-state index in [1.54, 1.807) is 6.07 Å². The number of nitrogens with zero attached hydrogens (tertiary/aromatic N) is 2. The van der Waals surface area contributed by atoms with Gasteiger partial charge in [-0.3, -0.25) is 0 Å². The molecule has 9 heteroatoms. The van der Waals surface area contributed by atoms with E-state index in [0.29, 0.717) is 10.2 Å². The average molecular weight is 361 g/mol. The van der Waals surface area contributed by atoms with E-state index in [2.05, 4.69) is 30.6 Å². The smallest absolute Gasteiger partial charge is 0.243 e. The third-order valence-electron chi connectivity index (χ3n) is 2.43. The second-order valence-corrected chi connectivity index (χ2v) is 6.42. The van der Waals surface area contributed by atoms with Gasteiger partial charge in [0.05, 0.1) is 12.2 Å². The first-order valence-corrected chi connectivity index (χ1v) is 7.67. The van der Waals surface area contributed by atoms with E-state index in [9.17, 15) is 12.8 Å². The Morgan fingerprint density at radius 2 is 2.15 bits per heavy atom. The van der Waals surface area contributed by atoms with Crippen molar-refractivity contribution in [1.82, 2.24) is 14.7 Å². The van der Waals surface area contributed by atoms with Crippen molar-refractivity contribution in [2.24, 2.45) is 0 Å². The highest BCUT2D eigenvalue weighted by Crippen LogP contribution is 2.25. The molecule has 0 saturated heterocycles. The molecule has 106 valence electrons. The number of nitrogen functional groups attached to an aromatic ring is 1. The molecular formula is C11H10BrFN4O2S. The molecule has 1 aromatic carbocycles. The number of nitrogens with two attached hydrogens (primary N) is 1. The third-order valence-corrected chi connectivity index (χ3v) is 4.53. The lowest BCUT2D eigenvalue weighted by atomic mass is 10.3. The minimum Gasteiger partial charge on any atom is -0.398 e. The first-order valence-electron chi connectivity index (χ1n) is 5.39. The molecule has 0 unspecified atom stereocenters. The fraction of sp³-hybridized carbons (Fsp3) is 0.0909. The molecule has 0 aliphatic heterocycles. The summed E-state index contributed by atoms with van der Waals surface area (Å²) in [7, 11) is -4.01. The van der Waals surface area contributed by atoms with Crippen LogP contribution in [0.3, 0.4) is 0 Å². The maximum Gasteiger partial charge on any atom is 0.243 e. The lowest BCUT2D eigenvalue weighted by molar-refractivity contribution is 0.556. The third kappa shape index (κ3) is 3.30. The van der Waals surface area contributed by atoms with Gasteiger partial charge in [-0.05, 0) is 34.1 Å². The summed E-state index contributed by atoms with van der Waals surface area (Å²) in [6, 6.07) is 3.62. The van der Waals surface area contributed by atoms with E-state index >= 15 is 0 Å². The van der Waals surface area contributed by atoms with E-state index < -0.39 is 20.7 Å². The SMILES string of the molecule is Nc1cc(S(=O)(=O)NCc2ccncn2)c(F)cc1Br. The summed E-state index contributed by atoms with van der Waals surface area (Å²) in [5.74, 6) is -0.888. The van der Waals surface area contributed by atoms with Crippen molar-refractivity contribution >= 4 is 31.6 Å². The number of halogens is 2. The number of hydrogen-bond acceptors (Lipinski definition) is 5. The zero-order chi connectivity index (χ0) is 14.8. The van der Waals surface area contributed by atoms with Crippen LogP contribution in [0.4, 0.5) is 10.1 Å². The molecule has 0 atom stereocenters. The topological polar surface area (TPSA) is 98.0 Å². The highest BCUT2D eigenvalue weighted by Gasteiger charge is 2.20. The van der Waals surface area contributed by atoms with Gasteiger partial charge in [-0.1, -0.05) is 0 Å². The maximum atomic E-state index is 13.7. The van der Waals surface area contributed by atoms with E-state index in [1.165, 1.54) is 12.5 Å². The van der Waals surface area contributed by atoms with Crippen LogP contribution < -0.4 is 10.5 Å². The van der Waals surface area contributed by atoms with Gasteiger partial charge in [-0.25, -0.2) is 27.5 Å². The molecule has 6 nitrogen and oxygen atoms in total. The van der Waals surface area contributed by atoms with Gasteiger partial charge in [-0.2, -0.15) is 0 Å². The van der Waals surface area contributed by atoms with Gasteiger partial charge in [0.2, 0.25) is 10.0 Å². The zero-order valence-corrected chi connectivity index (χ0v) is 12.4. The van der Waals surface area contributed by atoms with Crippen LogP contribution in [0.2, 0.25) is 0 Å². The Morgan fingerprint density at radius 3 is 2.80 bits per heavy atom. The van der Waals surface area contributed by atoms with Crippen LogP contribution in [0.1, 0.15) is 5.69 Å². The minimum atomic E-state index is -4.01. The maximum absolute atomic E-state index is 13.7. The molecule has 2 rings (SSSR count). The standard InChI is InChI=1S/C11H10BrFN4O2S/c12-8-3-9(13)11(4-10(8)14)20(18,19)17-5-7-1-2-15-6-16-7/h1-4,6,17H,5,14H2. The van der Waals surface area contributed by atoms with Crippen molar-refractivity contribution in [1.29, 1.82) is 0 Å². The molecule has 1 heterocycles. The highest BCUT2D eigenvalue weighted by molar-refractivity contribution is 9.10. The Hall–Kier alpha value is -1.58. The monoisotopic (exact) mass is 360 g/mol. The number of anilines is 1. The molecule has 3 N–H and O–H groups in total. The van der Waals surface area contributed by atoms with Crippen LogP contribution in [0.25, 0.3) is 0 Å². The summed E-state index contributed by atoms with van der Waals surface area (Å²) in [5.41, 5.74) is 6.17. The fourth-order valence-electron chi connectivity index (χ4n) is 1.42. The van der Waals surface area contributed by atoms with Crippen molar-refractivity contribution < 1.29 is 12.8 Å². The number of benzene rings is 1. The van der Waals surface area contributed by atoms with Crippen LogP contribution in [-0.4, -0.2) is 18.4 Å². The van der Waals surface area contributed by atoms with Crippen LogP contribution in [-0.2, 0) is 16.6 Å². The van der Waals surface area contributed by atoms with Gasteiger partial charge in [0, 0.05) is 16.4 Å². The number of nitrogens with one attached hydrogen (secondary N) is 1. The van der Waals surface area contributed by atoms with E-state index in [4.69, 9.17) is 5.73 Å². The second-order valence-electron chi connectivity index (χ2n) is 3.83. The molecule has 0 bridgehead atoms. The van der Waals surface area contributed by atoms with Crippen molar-refractivity contribution in [3.05, 3.63) is 46.7 Å². The first kappa shape index (κ1) is 14.8. The molecule has 0 fully saturated rings. The van der Waals surface area contributed by atoms with Crippen molar-refractivity contribution in [2.75, 3.05) is 5.73 Å². The predicted molar refractivity (Wildman–Crippen MR) is 74.6 cm³/mol. The van der Waals surface area contributed by atoms with E-state index in [0.717, 1.165) is 12.1 Å². The van der Waals surface area contributed by atoms with Crippen molar-refractivity contribution in [3.63, 3.8) is 0 Å². The normalized spacial score (nSPS) is 11.5. The molecule has 0 amide bonds. The van der Waals surface area contributed by atoms with Crippen LogP contribution in [0, 0.1) is 5.82 Å². The molecular weight excluding hydrogens is 351 g/mol. The van der Waals surface area contributed by atoms with Gasteiger partial charge >= 0.3 is 0 Å². The van der Waals surface area contributed by atoms with Gasteiger partial charge in [-0.15, -0.1) is 0 Å². The number of sulfonamides is 1. The molecule has 0 spiro atoms. The fourth-order valence-corrected chi connectivity index (χ4v) is 2.83. The Balaban J connectivity index is 2.25. The molecule has 0 radical (unpaired) electrons. The van der Waals surface area contributed by atoms with Gasteiger partial charge in [0.25, 0.3) is 0 Å². The lowest BCUT2D eigenvalue weighted by Gasteiger charge is -2.09. The summed E-state index contributed by atoms with van der Waals surface area (Å²) >= 11 is 3.03. The lowest BCUT2D eigenvalue weighted by Crippen LogP contribution is -2.24. The Kier molecular flexibility index (Phi) is 4.31. The Bertz CT molecular complexity index is 725. The largest absolute Gasteiger partial charge is 0.398 e. The predicted octanol–water partition coefficient (Wildman–Crippen LogP) is 1.44. The number of aromatic nitrogens is 2. The molecule has 0 aliphatic rings. The zero-order valence-electron chi connectivity index (χ0n) is 10.0. The Labute approximate surface area is 123 Å². The molecule has 0 saturated carbocycles. The van der Waals surface area contributed by atoms with Gasteiger partial charge in [0.1, 0.15) is 17.0 Å². The van der Waals surface area contributed by atoms with Gasteiger partial charge in [0.15, 0.2) is 0 Å². The summed E-state index contributed by atoms with van der Waals surface area (Å²) in [4.78, 5) is 7.07. The minimum absolute atomic E-state index is 0.0692. The first-order chi connectivity index (χ1) is 9.40. The molecule has 1 aromatic heterocycles. The quantitative estimate of drug-likeness (QED) is 0.803. The van der Waals surface area contributed by atoms with Crippen molar-refractivity contribution in [2.45, 2.75) is 11.4 Å². The van der Waals surface area contributed by atoms with Crippen molar-refractivity contribution in [3.8, 4) is 0 Å². The van der Waals surface area contributed by atoms with E-state index in [-0.39, 0.29) is 12.2 Å². The highest BCUT2D eigenvalue weighted by atomic mass is 79.9. The molecule has 0 aliphatic carbocycles. The van der Waals surface area contributed by atoms with Crippen LogP contribution >= 0.6 is 15.9 Å². The van der Waals surface area contributed by atoms with Crippen LogP contribution in [0.15, 0.2) is 40.1 Å². The second kappa shape index (κ2) is 5.81. The number of hydrogen-bond donors (Lipinski definition) is 2. The summed E-state index contributed by atoms with van der Waals surface area (Å²) in [6.07, 6.45) is 2.77. The molecule has 20 heavy (non-hydrogen) atoms. The molecule has 2 aromatic rings. The summed E-state index contributed by atoms with van der Waals surface area (Å²) in [5, 5.41) is 0. The Morgan fingerprint density at radius 1 is 1.40 bits per heavy atom. The van der Waals surface area contributed by atoms with Gasteiger partial charge < -0.3 is 5.73 Å². The number of rotatable bonds is 4. The average Bonchev–Trinajstić information content (AvgIpc) is 2.42. The van der Waals surface area contributed by atoms with E-state index in [1.807, 2.05) is 0 Å².